The number of carbonyl (C=O) groups is 2. The highest BCUT2D eigenvalue weighted by atomic mass is 16.5. The molecule has 2 aromatic carbocycles. The van der Waals surface area contributed by atoms with Crippen LogP contribution in [0.5, 0.6) is 5.75 Å². The third-order valence-electron chi connectivity index (χ3n) is 3.43. The zero-order chi connectivity index (χ0) is 17.4. The monoisotopic (exact) mass is 328 g/mol. The summed E-state index contributed by atoms with van der Waals surface area (Å²) in [5.41, 5.74) is 7.04. The second-order valence-electron chi connectivity index (χ2n) is 5.28. The number of hydrogen-bond acceptors (Lipinski definition) is 4. The van der Waals surface area contributed by atoms with Crippen LogP contribution in [0.15, 0.2) is 54.6 Å². The zero-order valence-corrected chi connectivity index (χ0v) is 13.1. The largest absolute Gasteiger partial charge is 0.489 e. The standard InChI is InChI=1S/C18H20N2O4/c19-11-17(21)20-16(18(22)23)10-13-6-8-15(9-7-13)24-12-14-4-2-1-3-5-14/h1-9,16H,10-12,19H2,(H,20,21)(H,22,23)/t16-/m0/s1. The Morgan fingerprint density at radius 3 is 2.29 bits per heavy atom. The van der Waals surface area contributed by atoms with E-state index < -0.39 is 17.9 Å². The number of carboxylic acids is 1. The third-order valence-corrected chi connectivity index (χ3v) is 3.43. The van der Waals surface area contributed by atoms with Gasteiger partial charge in [0.2, 0.25) is 5.91 Å². The summed E-state index contributed by atoms with van der Waals surface area (Å²) in [7, 11) is 0. The summed E-state index contributed by atoms with van der Waals surface area (Å²) in [6.07, 6.45) is 0.181. The Balaban J connectivity index is 1.92. The summed E-state index contributed by atoms with van der Waals surface area (Å²) in [5.74, 6) is -0.896. The SMILES string of the molecule is NCC(=O)N[C@@H](Cc1ccc(OCc2ccccc2)cc1)C(=O)O. The fourth-order valence-corrected chi connectivity index (χ4v) is 2.15. The van der Waals surface area contributed by atoms with Crippen molar-refractivity contribution < 1.29 is 19.4 Å². The van der Waals surface area contributed by atoms with Gasteiger partial charge in [-0.1, -0.05) is 42.5 Å². The van der Waals surface area contributed by atoms with Crippen molar-refractivity contribution in [1.82, 2.24) is 5.32 Å². The van der Waals surface area contributed by atoms with Gasteiger partial charge in [-0.3, -0.25) is 4.79 Å². The number of rotatable bonds is 8. The van der Waals surface area contributed by atoms with Crippen LogP contribution in [0.4, 0.5) is 0 Å². The molecule has 0 aromatic heterocycles. The minimum atomic E-state index is -1.10. The van der Waals surface area contributed by atoms with E-state index in [1.807, 2.05) is 30.3 Å². The normalized spacial score (nSPS) is 11.5. The van der Waals surface area contributed by atoms with Gasteiger partial charge in [-0.15, -0.1) is 0 Å². The molecule has 2 aromatic rings. The summed E-state index contributed by atoms with van der Waals surface area (Å²) in [6.45, 7) is 0.223. The molecule has 6 nitrogen and oxygen atoms in total. The van der Waals surface area contributed by atoms with Crippen molar-refractivity contribution in [2.24, 2.45) is 5.73 Å². The van der Waals surface area contributed by atoms with Gasteiger partial charge in [-0.25, -0.2) is 4.79 Å². The van der Waals surface area contributed by atoms with Crippen LogP contribution in [-0.2, 0) is 22.6 Å². The Hall–Kier alpha value is -2.86. The number of benzene rings is 2. The molecule has 0 saturated heterocycles. The van der Waals surface area contributed by atoms with E-state index in [0.29, 0.717) is 12.4 Å². The molecule has 2 rings (SSSR count). The molecular formula is C18H20N2O4. The van der Waals surface area contributed by atoms with E-state index in [2.05, 4.69) is 5.32 Å². The molecule has 0 aliphatic rings. The summed E-state index contributed by atoms with van der Waals surface area (Å²) in [4.78, 5) is 22.5. The average molecular weight is 328 g/mol. The van der Waals surface area contributed by atoms with Gasteiger partial charge in [-0.2, -0.15) is 0 Å². The molecule has 0 saturated carbocycles. The molecule has 0 unspecified atom stereocenters. The number of nitrogens with two attached hydrogens (primary N) is 1. The lowest BCUT2D eigenvalue weighted by atomic mass is 10.1. The first kappa shape index (κ1) is 17.5. The van der Waals surface area contributed by atoms with Crippen LogP contribution in [0.3, 0.4) is 0 Å². The predicted octanol–water partition coefficient (Wildman–Crippen LogP) is 1.34. The highest BCUT2D eigenvalue weighted by molar-refractivity contribution is 5.84. The van der Waals surface area contributed by atoms with Gasteiger partial charge in [0.25, 0.3) is 0 Å². The Morgan fingerprint density at radius 2 is 1.71 bits per heavy atom. The van der Waals surface area contributed by atoms with Gasteiger partial charge in [0, 0.05) is 6.42 Å². The topological polar surface area (TPSA) is 102 Å². The molecule has 0 bridgehead atoms. The van der Waals surface area contributed by atoms with E-state index in [1.54, 1.807) is 24.3 Å². The van der Waals surface area contributed by atoms with Crippen molar-refractivity contribution in [3.05, 3.63) is 65.7 Å². The van der Waals surface area contributed by atoms with Crippen molar-refractivity contribution in [2.45, 2.75) is 19.1 Å². The highest BCUT2D eigenvalue weighted by Crippen LogP contribution is 2.15. The van der Waals surface area contributed by atoms with Crippen LogP contribution in [-0.4, -0.2) is 29.6 Å². The van der Waals surface area contributed by atoms with Crippen molar-refractivity contribution >= 4 is 11.9 Å². The maximum Gasteiger partial charge on any atom is 0.326 e. The van der Waals surface area contributed by atoms with Crippen LogP contribution in [0, 0.1) is 0 Å². The van der Waals surface area contributed by atoms with Crippen molar-refractivity contribution in [3.8, 4) is 5.75 Å². The highest BCUT2D eigenvalue weighted by Gasteiger charge is 2.19. The first-order chi connectivity index (χ1) is 11.6. The Labute approximate surface area is 140 Å². The number of aliphatic carboxylic acids is 1. The Morgan fingerprint density at radius 1 is 1.04 bits per heavy atom. The molecular weight excluding hydrogens is 308 g/mol. The minimum Gasteiger partial charge on any atom is -0.489 e. The fourth-order valence-electron chi connectivity index (χ4n) is 2.15. The number of nitrogens with one attached hydrogen (secondary N) is 1. The summed E-state index contributed by atoms with van der Waals surface area (Å²) in [5, 5.41) is 11.5. The molecule has 6 heteroatoms. The quantitative estimate of drug-likeness (QED) is 0.679. The van der Waals surface area contributed by atoms with Crippen LogP contribution in [0.1, 0.15) is 11.1 Å². The fraction of sp³-hybridized carbons (Fsp3) is 0.222. The average Bonchev–Trinajstić information content (AvgIpc) is 2.61. The van der Waals surface area contributed by atoms with Crippen LogP contribution < -0.4 is 15.8 Å². The van der Waals surface area contributed by atoms with E-state index in [1.165, 1.54) is 0 Å². The number of hydrogen-bond donors (Lipinski definition) is 3. The molecule has 0 spiro atoms. The molecule has 24 heavy (non-hydrogen) atoms. The lowest BCUT2D eigenvalue weighted by Gasteiger charge is -2.14. The smallest absolute Gasteiger partial charge is 0.326 e. The number of carbonyl (C=O) groups excluding carboxylic acids is 1. The van der Waals surface area contributed by atoms with E-state index in [9.17, 15) is 9.59 Å². The Kier molecular flexibility index (Phi) is 6.33. The van der Waals surface area contributed by atoms with Gasteiger partial charge in [0.05, 0.1) is 6.54 Å². The van der Waals surface area contributed by atoms with Crippen LogP contribution in [0.2, 0.25) is 0 Å². The minimum absolute atomic E-state index is 0.181. The van der Waals surface area contributed by atoms with Crippen LogP contribution in [0.25, 0.3) is 0 Å². The molecule has 4 N–H and O–H groups in total. The third kappa shape index (κ3) is 5.40. The maximum absolute atomic E-state index is 11.3. The van der Waals surface area contributed by atoms with Gasteiger partial charge in [-0.05, 0) is 23.3 Å². The van der Waals surface area contributed by atoms with Crippen molar-refractivity contribution in [3.63, 3.8) is 0 Å². The van der Waals surface area contributed by atoms with Crippen LogP contribution >= 0.6 is 0 Å². The van der Waals surface area contributed by atoms with E-state index in [4.69, 9.17) is 15.6 Å². The maximum atomic E-state index is 11.3. The molecule has 0 fully saturated rings. The molecule has 0 aliphatic carbocycles. The van der Waals surface area contributed by atoms with Gasteiger partial charge in [0.1, 0.15) is 18.4 Å². The molecule has 0 radical (unpaired) electrons. The summed E-state index contributed by atoms with van der Waals surface area (Å²) >= 11 is 0. The number of ether oxygens (including phenoxy) is 1. The second kappa shape index (κ2) is 8.69. The van der Waals surface area contributed by atoms with E-state index >= 15 is 0 Å². The molecule has 1 amide bonds. The van der Waals surface area contributed by atoms with E-state index in [0.717, 1.165) is 11.1 Å². The first-order valence-electron chi connectivity index (χ1n) is 7.56. The van der Waals surface area contributed by atoms with E-state index in [-0.39, 0.29) is 13.0 Å². The molecule has 1 atom stereocenters. The summed E-state index contributed by atoms with van der Waals surface area (Å²) in [6, 6.07) is 15.9. The predicted molar refractivity (Wildman–Crippen MR) is 89.5 cm³/mol. The molecule has 0 aliphatic heterocycles. The Bertz CT molecular complexity index is 671. The van der Waals surface area contributed by atoms with Gasteiger partial charge in [0.15, 0.2) is 0 Å². The number of amides is 1. The number of carboxylic acid groups (broad SMARTS) is 1. The van der Waals surface area contributed by atoms with Gasteiger partial charge >= 0.3 is 5.97 Å². The summed E-state index contributed by atoms with van der Waals surface area (Å²) < 4.78 is 5.68. The van der Waals surface area contributed by atoms with Crippen molar-refractivity contribution in [2.75, 3.05) is 6.54 Å². The second-order valence-corrected chi connectivity index (χ2v) is 5.28. The molecule has 0 heterocycles. The first-order valence-corrected chi connectivity index (χ1v) is 7.56. The van der Waals surface area contributed by atoms with Gasteiger partial charge < -0.3 is 20.9 Å². The lowest BCUT2D eigenvalue weighted by molar-refractivity contribution is -0.141. The zero-order valence-electron chi connectivity index (χ0n) is 13.1. The lowest BCUT2D eigenvalue weighted by Crippen LogP contribution is -2.44. The van der Waals surface area contributed by atoms with Crippen molar-refractivity contribution in [1.29, 1.82) is 0 Å². The molecule has 126 valence electrons.